The zero-order chi connectivity index (χ0) is 24.6. The van der Waals surface area contributed by atoms with Crippen molar-refractivity contribution >= 4 is 28.4 Å². The average molecular weight is 483 g/mol. The van der Waals surface area contributed by atoms with E-state index in [1.807, 2.05) is 42.5 Å². The molecule has 1 saturated heterocycles. The fourth-order valence-electron chi connectivity index (χ4n) is 4.67. The number of aromatic hydroxyl groups is 1. The lowest BCUT2D eigenvalue weighted by Crippen LogP contribution is -2.44. The molecule has 4 aromatic rings. The molecule has 1 fully saturated rings. The van der Waals surface area contributed by atoms with Gasteiger partial charge in [0.2, 0.25) is 12.7 Å². The van der Waals surface area contributed by atoms with Crippen LogP contribution in [0.5, 0.6) is 17.4 Å². The molecule has 3 heterocycles. The van der Waals surface area contributed by atoms with Gasteiger partial charge in [-0.25, -0.2) is 0 Å². The van der Waals surface area contributed by atoms with E-state index < -0.39 is 0 Å². The zero-order valence-corrected chi connectivity index (χ0v) is 19.9. The summed E-state index contributed by atoms with van der Waals surface area (Å²) < 4.78 is 10.9. The molecular formula is C28H26N4O4. The summed E-state index contributed by atoms with van der Waals surface area (Å²) in [7, 11) is 2.14. The summed E-state index contributed by atoms with van der Waals surface area (Å²) >= 11 is 0. The molecule has 2 N–H and O–H groups in total. The Balaban J connectivity index is 1.33. The Kier molecular flexibility index (Phi) is 5.58. The average Bonchev–Trinajstić information content (AvgIpc) is 3.37. The third-order valence-electron chi connectivity index (χ3n) is 6.81. The molecule has 0 radical (unpaired) electrons. The van der Waals surface area contributed by atoms with Gasteiger partial charge in [0.15, 0.2) is 11.5 Å². The van der Waals surface area contributed by atoms with Crippen molar-refractivity contribution in [3.8, 4) is 28.5 Å². The van der Waals surface area contributed by atoms with Gasteiger partial charge in [0, 0.05) is 48.9 Å². The van der Waals surface area contributed by atoms with Gasteiger partial charge in [0.25, 0.3) is 5.56 Å². The fraction of sp³-hybridized carbons (Fsp3) is 0.214. The maximum atomic E-state index is 12.5. The molecular weight excluding hydrogens is 456 g/mol. The number of aromatic nitrogens is 1. The monoisotopic (exact) mass is 482 g/mol. The number of nitrogens with zero attached hydrogens (tertiary/aromatic N) is 3. The Morgan fingerprint density at radius 1 is 0.889 bits per heavy atom. The Morgan fingerprint density at radius 2 is 1.61 bits per heavy atom. The quantitative estimate of drug-likeness (QED) is 0.425. The van der Waals surface area contributed by atoms with Gasteiger partial charge in [0.05, 0.1) is 11.3 Å². The van der Waals surface area contributed by atoms with Crippen molar-refractivity contribution in [2.45, 2.75) is 0 Å². The number of anilines is 1. The molecule has 3 aromatic carbocycles. The molecule has 8 nitrogen and oxygen atoms in total. The summed E-state index contributed by atoms with van der Waals surface area (Å²) in [5.74, 6) is 1.18. The van der Waals surface area contributed by atoms with E-state index in [0.29, 0.717) is 27.8 Å². The first-order chi connectivity index (χ1) is 17.5. The van der Waals surface area contributed by atoms with Crippen LogP contribution in [-0.4, -0.2) is 61.2 Å². The predicted octanol–water partition coefficient (Wildman–Crippen LogP) is 4.13. The Bertz CT molecular complexity index is 1520. The van der Waals surface area contributed by atoms with Crippen molar-refractivity contribution in [2.75, 3.05) is 44.9 Å². The normalized spacial score (nSPS) is 15.8. The molecule has 1 aromatic heterocycles. The van der Waals surface area contributed by atoms with Gasteiger partial charge in [-0.1, -0.05) is 12.1 Å². The van der Waals surface area contributed by atoms with Crippen LogP contribution in [0.1, 0.15) is 5.56 Å². The van der Waals surface area contributed by atoms with E-state index in [1.165, 1.54) is 5.69 Å². The molecule has 6 rings (SSSR count). The Labute approximate surface area is 208 Å². The number of rotatable bonds is 4. The molecule has 182 valence electrons. The summed E-state index contributed by atoms with van der Waals surface area (Å²) in [6, 6.07) is 19.3. The summed E-state index contributed by atoms with van der Waals surface area (Å²) in [6.07, 6.45) is 1.60. The van der Waals surface area contributed by atoms with Gasteiger partial charge in [-0.05, 0) is 66.7 Å². The summed E-state index contributed by atoms with van der Waals surface area (Å²) in [5, 5.41) is 11.7. The fourth-order valence-corrected chi connectivity index (χ4v) is 4.67. The van der Waals surface area contributed by atoms with Crippen molar-refractivity contribution in [1.29, 1.82) is 0 Å². The van der Waals surface area contributed by atoms with Crippen LogP contribution < -0.4 is 19.9 Å². The van der Waals surface area contributed by atoms with Gasteiger partial charge >= 0.3 is 0 Å². The molecule has 0 amide bonds. The standard InChI is InChI=1S/C28H26N4O4/c1-31-10-12-32(13-11-31)21-6-4-20(5-7-21)29-16-24-23-14-18(2-8-22(23)27(33)30-28(24)34)19-3-9-25-26(15-19)36-17-35-25/h2-9,14-16H,10-13,17H2,1H3,(H2,30,33,34). The van der Waals surface area contributed by atoms with Crippen molar-refractivity contribution in [2.24, 2.45) is 4.99 Å². The number of likely N-dealkylation sites (N-methyl/N-ethyl adjacent to an activating group) is 1. The second-order valence-electron chi connectivity index (χ2n) is 9.11. The minimum Gasteiger partial charge on any atom is -0.494 e. The van der Waals surface area contributed by atoms with E-state index in [2.05, 4.69) is 39.0 Å². The number of hydrogen-bond donors (Lipinski definition) is 2. The summed E-state index contributed by atoms with van der Waals surface area (Å²) in [5.41, 5.74) is 3.84. The van der Waals surface area contributed by atoms with Crippen molar-refractivity contribution in [3.63, 3.8) is 0 Å². The number of benzene rings is 3. The SMILES string of the molecule is CN1CCN(c2ccc(N=Cc3c(O)[nH]c(=O)c4ccc(-c5ccc6c(c5)OCO6)cc34)cc2)CC1. The van der Waals surface area contributed by atoms with Crippen molar-refractivity contribution in [3.05, 3.63) is 76.6 Å². The van der Waals surface area contributed by atoms with Crippen LogP contribution in [0, 0.1) is 0 Å². The lowest BCUT2D eigenvalue weighted by Gasteiger charge is -2.34. The van der Waals surface area contributed by atoms with E-state index in [4.69, 9.17) is 9.47 Å². The molecule has 0 bridgehead atoms. The highest BCUT2D eigenvalue weighted by molar-refractivity contribution is 6.03. The zero-order valence-electron chi connectivity index (χ0n) is 19.9. The number of hydrogen-bond acceptors (Lipinski definition) is 7. The number of aliphatic imine (C=N–C) groups is 1. The largest absolute Gasteiger partial charge is 0.494 e. The van der Waals surface area contributed by atoms with Crippen molar-refractivity contribution in [1.82, 2.24) is 9.88 Å². The third-order valence-corrected chi connectivity index (χ3v) is 6.81. The van der Waals surface area contributed by atoms with Gasteiger partial charge in [-0.2, -0.15) is 0 Å². The number of fused-ring (bicyclic) bond motifs is 2. The molecule has 0 aliphatic carbocycles. The lowest BCUT2D eigenvalue weighted by atomic mass is 9.99. The van der Waals surface area contributed by atoms with Gasteiger partial charge in [-0.3, -0.25) is 14.8 Å². The van der Waals surface area contributed by atoms with E-state index >= 15 is 0 Å². The topological polar surface area (TPSA) is 90.4 Å². The molecule has 2 aliphatic rings. The molecule has 0 saturated carbocycles. The molecule has 0 atom stereocenters. The van der Waals surface area contributed by atoms with Gasteiger partial charge in [-0.15, -0.1) is 0 Å². The van der Waals surface area contributed by atoms with Gasteiger partial charge < -0.3 is 24.4 Å². The maximum absolute atomic E-state index is 12.5. The molecule has 0 unspecified atom stereocenters. The predicted molar refractivity (Wildman–Crippen MR) is 141 cm³/mol. The number of H-pyrrole nitrogens is 1. The highest BCUT2D eigenvalue weighted by Gasteiger charge is 2.16. The summed E-state index contributed by atoms with van der Waals surface area (Å²) in [6.45, 7) is 4.31. The first-order valence-electron chi connectivity index (χ1n) is 11.9. The van der Waals surface area contributed by atoms with E-state index in [9.17, 15) is 9.90 Å². The van der Waals surface area contributed by atoms with E-state index in [1.54, 1.807) is 12.3 Å². The number of piperazine rings is 1. The molecule has 36 heavy (non-hydrogen) atoms. The van der Waals surface area contributed by atoms with Crippen LogP contribution in [0.4, 0.5) is 11.4 Å². The van der Waals surface area contributed by atoms with E-state index in [0.717, 1.165) is 43.0 Å². The van der Waals surface area contributed by atoms with Crippen LogP contribution in [-0.2, 0) is 0 Å². The minimum atomic E-state index is -0.353. The molecule has 2 aliphatic heterocycles. The Morgan fingerprint density at radius 3 is 2.42 bits per heavy atom. The molecule has 8 heteroatoms. The number of aromatic amines is 1. The van der Waals surface area contributed by atoms with Gasteiger partial charge in [0.1, 0.15) is 0 Å². The van der Waals surface area contributed by atoms with Crippen LogP contribution in [0.2, 0.25) is 0 Å². The van der Waals surface area contributed by atoms with Crippen LogP contribution in [0.25, 0.3) is 21.9 Å². The van der Waals surface area contributed by atoms with Crippen LogP contribution in [0.15, 0.2) is 70.5 Å². The number of nitrogens with one attached hydrogen (secondary N) is 1. The maximum Gasteiger partial charge on any atom is 0.258 e. The second-order valence-corrected chi connectivity index (χ2v) is 9.11. The third kappa shape index (κ3) is 4.16. The Hall–Kier alpha value is -4.30. The highest BCUT2D eigenvalue weighted by Crippen LogP contribution is 2.37. The first kappa shape index (κ1) is 22.2. The van der Waals surface area contributed by atoms with Crippen molar-refractivity contribution < 1.29 is 14.6 Å². The van der Waals surface area contributed by atoms with Crippen LogP contribution >= 0.6 is 0 Å². The molecule has 0 spiro atoms. The number of ether oxygens (including phenoxy) is 2. The highest BCUT2D eigenvalue weighted by atomic mass is 16.7. The van der Waals surface area contributed by atoms with Crippen LogP contribution in [0.3, 0.4) is 0 Å². The first-order valence-corrected chi connectivity index (χ1v) is 11.9. The smallest absolute Gasteiger partial charge is 0.258 e. The minimum absolute atomic E-state index is 0.205. The number of pyridine rings is 1. The lowest BCUT2D eigenvalue weighted by molar-refractivity contribution is 0.174. The second kappa shape index (κ2) is 9.05. The summed E-state index contributed by atoms with van der Waals surface area (Å²) in [4.78, 5) is 24.3. The van der Waals surface area contributed by atoms with E-state index in [-0.39, 0.29) is 18.2 Å².